The van der Waals surface area contributed by atoms with Crippen LogP contribution in [0.1, 0.15) is 113 Å². The van der Waals surface area contributed by atoms with Crippen molar-refractivity contribution in [1.82, 2.24) is 9.13 Å². The molecule has 0 saturated carbocycles. The number of rotatable bonds is 10. The molecule has 0 N–H and O–H groups in total. The van der Waals surface area contributed by atoms with Crippen LogP contribution < -0.4 is 26.2 Å². The number of anilines is 6. The predicted octanol–water partition coefficient (Wildman–Crippen LogP) is 23.8. The standard InChI is InChI=1S/C93H81BN4/c1-58(2)65-40-46-83-77(50-65)78-51-66(59(3)4)41-47-84(78)96(83)70-43-45-80-86(57-70)98(91-75(63-32-20-14-21-33-63)54-68(93(9,10)11)55-76(91)64-34-22-15-23-35-64)88-49-60(5)48-87-89(88)94(80)79-44-42-69(95-81-38-26-24-36-71(81)72-37-25-27-39-82(72)95)56-85(79)97(87)90-73(61-28-16-12-17-29-61)52-67(92(6,7)8)53-74(90)62-30-18-13-19-31-62/h12-59H,1-11H3/i5D3. The lowest BCUT2D eigenvalue weighted by Gasteiger charge is -2.46. The largest absolute Gasteiger partial charge is 0.310 e. The highest BCUT2D eigenvalue weighted by Gasteiger charge is 2.46. The molecule has 98 heavy (non-hydrogen) atoms. The van der Waals surface area contributed by atoms with Crippen LogP contribution in [0.4, 0.5) is 34.1 Å². The van der Waals surface area contributed by atoms with Gasteiger partial charge < -0.3 is 18.9 Å². The number of nitrogens with zero attached hydrogens (tertiary/aromatic N) is 4. The molecule has 13 aromatic carbocycles. The molecule has 0 aliphatic carbocycles. The summed E-state index contributed by atoms with van der Waals surface area (Å²) in [6.07, 6.45) is 0. The molecule has 476 valence electrons. The lowest BCUT2D eigenvalue weighted by molar-refractivity contribution is 0.590. The molecule has 17 rings (SSSR count). The molecule has 0 bridgehead atoms. The zero-order valence-corrected chi connectivity index (χ0v) is 57.6. The molecule has 4 nitrogen and oxygen atoms in total. The van der Waals surface area contributed by atoms with Crippen LogP contribution in [-0.2, 0) is 10.8 Å². The van der Waals surface area contributed by atoms with E-state index in [0.717, 1.165) is 128 Å². The molecule has 0 fully saturated rings. The molecule has 0 unspecified atom stereocenters. The van der Waals surface area contributed by atoms with Crippen LogP contribution in [0.5, 0.6) is 0 Å². The van der Waals surface area contributed by atoms with Gasteiger partial charge in [0.05, 0.1) is 33.4 Å². The first-order valence-electron chi connectivity index (χ1n) is 36.4. The summed E-state index contributed by atoms with van der Waals surface area (Å²) in [5, 5.41) is 4.78. The van der Waals surface area contributed by atoms with Crippen LogP contribution in [0.2, 0.25) is 0 Å². The summed E-state index contributed by atoms with van der Waals surface area (Å²) in [6.45, 7) is 19.9. The summed E-state index contributed by atoms with van der Waals surface area (Å²) >= 11 is 0. The lowest BCUT2D eigenvalue weighted by Crippen LogP contribution is -2.61. The van der Waals surface area contributed by atoms with E-state index in [1.165, 1.54) is 43.8 Å². The Morgan fingerprint density at radius 2 is 0.663 bits per heavy atom. The summed E-state index contributed by atoms with van der Waals surface area (Å²) in [6, 6.07) is 103. The third kappa shape index (κ3) is 9.86. The number of hydrogen-bond donors (Lipinski definition) is 0. The first kappa shape index (κ1) is 57.4. The van der Waals surface area contributed by atoms with Crippen molar-refractivity contribution in [2.75, 3.05) is 9.80 Å². The second kappa shape index (κ2) is 23.2. The second-order valence-corrected chi connectivity index (χ2v) is 29.9. The highest BCUT2D eigenvalue weighted by atomic mass is 15.2. The quantitative estimate of drug-likeness (QED) is 0.127. The van der Waals surface area contributed by atoms with Gasteiger partial charge in [0.1, 0.15) is 0 Å². The van der Waals surface area contributed by atoms with Crippen molar-refractivity contribution >= 4 is 101 Å². The van der Waals surface area contributed by atoms with E-state index in [1.54, 1.807) is 0 Å². The fraction of sp³-hybridized carbons (Fsp3) is 0.161. The molecule has 0 saturated heterocycles. The van der Waals surface area contributed by atoms with E-state index < -0.39 is 13.6 Å². The minimum absolute atomic E-state index is 0.244. The maximum atomic E-state index is 9.90. The predicted molar refractivity (Wildman–Crippen MR) is 421 cm³/mol. The van der Waals surface area contributed by atoms with Gasteiger partial charge >= 0.3 is 0 Å². The Morgan fingerprint density at radius 3 is 1.00 bits per heavy atom. The van der Waals surface area contributed by atoms with Crippen LogP contribution in [0, 0.1) is 6.85 Å². The van der Waals surface area contributed by atoms with Gasteiger partial charge in [-0.05, 0) is 193 Å². The topological polar surface area (TPSA) is 16.3 Å². The van der Waals surface area contributed by atoms with Gasteiger partial charge in [-0.25, -0.2) is 0 Å². The van der Waals surface area contributed by atoms with Gasteiger partial charge in [0.15, 0.2) is 0 Å². The zero-order chi connectivity index (χ0) is 69.5. The number of hydrogen-bond acceptors (Lipinski definition) is 2. The van der Waals surface area contributed by atoms with E-state index in [9.17, 15) is 4.11 Å². The molecular weight excluding hydrogens is 1180 g/mol. The first-order valence-corrected chi connectivity index (χ1v) is 34.9. The van der Waals surface area contributed by atoms with Crippen LogP contribution >= 0.6 is 0 Å². The maximum Gasteiger partial charge on any atom is 0.252 e. The Balaban J connectivity index is 1.07. The molecule has 0 amide bonds. The number of aryl methyl sites for hydroxylation is 1. The fourth-order valence-corrected chi connectivity index (χ4v) is 15.9. The Bertz CT molecular complexity index is 5550. The van der Waals surface area contributed by atoms with Crippen molar-refractivity contribution in [3.63, 3.8) is 0 Å². The Labute approximate surface area is 582 Å². The third-order valence-corrected chi connectivity index (χ3v) is 21.0. The first-order chi connectivity index (χ1) is 48.7. The van der Waals surface area contributed by atoms with E-state index >= 15 is 0 Å². The van der Waals surface area contributed by atoms with E-state index in [1.807, 2.05) is 12.1 Å². The maximum absolute atomic E-state index is 9.90. The van der Waals surface area contributed by atoms with Crippen LogP contribution in [0.25, 0.3) is 99.5 Å². The summed E-state index contributed by atoms with van der Waals surface area (Å²) in [7, 11) is 0. The Kier molecular flexibility index (Phi) is 13.6. The van der Waals surface area contributed by atoms with Gasteiger partial charge in [-0.15, -0.1) is 0 Å². The number of benzene rings is 13. The molecule has 0 radical (unpaired) electrons. The van der Waals surface area contributed by atoms with Crippen molar-refractivity contribution in [3.8, 4) is 55.9 Å². The summed E-state index contributed by atoms with van der Waals surface area (Å²) in [4.78, 5) is 4.98. The van der Waals surface area contributed by atoms with E-state index in [0.29, 0.717) is 11.8 Å². The lowest BCUT2D eigenvalue weighted by atomic mass is 9.33. The minimum atomic E-state index is -2.57. The molecule has 2 aliphatic heterocycles. The average Bonchev–Trinajstić information content (AvgIpc) is 1.10. The normalized spacial score (nSPS) is 13.6. The van der Waals surface area contributed by atoms with E-state index in [-0.39, 0.29) is 16.4 Å². The molecular formula is C93H81BN4. The SMILES string of the molecule is [2H]C([2H])([2H])c1cc2c3c(c1)N(c1c(-c4ccccc4)cc(C(C)(C)C)cc1-c1ccccc1)c1cc(-n4c5ccc(C(C)C)cc5c5cc(C(C)C)ccc54)ccc1B3c1ccc(-n3c4ccccc4c4ccccc43)cc1N2c1c(-c2ccccc2)cc(C(C)(C)C)cc1-c1ccccc1. The average molecular weight is 1270 g/mol. The fourth-order valence-electron chi connectivity index (χ4n) is 15.9. The highest BCUT2D eigenvalue weighted by Crippen LogP contribution is 2.55. The van der Waals surface area contributed by atoms with Gasteiger partial charge in [0, 0.05) is 82.0 Å². The van der Waals surface area contributed by atoms with Gasteiger partial charge in [0.2, 0.25) is 0 Å². The molecule has 4 heterocycles. The van der Waals surface area contributed by atoms with Crippen molar-refractivity contribution in [2.24, 2.45) is 0 Å². The Hall–Kier alpha value is -10.9. The molecule has 2 aromatic heterocycles. The van der Waals surface area contributed by atoms with Crippen molar-refractivity contribution in [2.45, 2.75) is 98.8 Å². The van der Waals surface area contributed by atoms with Gasteiger partial charge in [-0.2, -0.15) is 0 Å². The van der Waals surface area contributed by atoms with Crippen LogP contribution in [0.15, 0.2) is 279 Å². The minimum Gasteiger partial charge on any atom is -0.310 e. The van der Waals surface area contributed by atoms with Gasteiger partial charge in [-0.1, -0.05) is 251 Å². The summed E-state index contributed by atoms with van der Waals surface area (Å²) in [5.41, 5.74) is 28.2. The van der Waals surface area contributed by atoms with E-state index in [2.05, 4.69) is 355 Å². The summed E-state index contributed by atoms with van der Waals surface area (Å²) < 4.78 is 34.6. The molecule has 0 spiro atoms. The van der Waals surface area contributed by atoms with Crippen molar-refractivity contribution in [3.05, 3.63) is 307 Å². The van der Waals surface area contributed by atoms with Gasteiger partial charge in [-0.3, -0.25) is 0 Å². The van der Waals surface area contributed by atoms with Gasteiger partial charge in [0.25, 0.3) is 6.71 Å². The smallest absolute Gasteiger partial charge is 0.252 e. The number of aromatic nitrogens is 2. The molecule has 2 aliphatic rings. The van der Waals surface area contributed by atoms with Crippen LogP contribution in [-0.4, -0.2) is 15.8 Å². The summed E-state index contributed by atoms with van der Waals surface area (Å²) in [5.74, 6) is 0.668. The van der Waals surface area contributed by atoms with E-state index in [4.69, 9.17) is 0 Å². The molecule has 15 aromatic rings. The monoisotopic (exact) mass is 1270 g/mol. The number of fused-ring (bicyclic) bond motifs is 10. The van der Waals surface area contributed by atoms with Crippen molar-refractivity contribution in [1.29, 1.82) is 0 Å². The zero-order valence-electron chi connectivity index (χ0n) is 60.6. The molecule has 0 atom stereocenters. The third-order valence-electron chi connectivity index (χ3n) is 21.0. The van der Waals surface area contributed by atoms with Crippen molar-refractivity contribution < 1.29 is 4.11 Å². The van der Waals surface area contributed by atoms with Crippen LogP contribution in [0.3, 0.4) is 0 Å². The second-order valence-electron chi connectivity index (χ2n) is 29.9. The Morgan fingerprint density at radius 1 is 0.327 bits per heavy atom. The molecule has 5 heteroatoms. The highest BCUT2D eigenvalue weighted by molar-refractivity contribution is 7.00. The number of para-hydroxylation sites is 2.